The first kappa shape index (κ1) is 18.0. The highest BCUT2D eigenvalue weighted by Gasteiger charge is 2.31. The fourth-order valence-corrected chi connectivity index (χ4v) is 3.35. The van der Waals surface area contributed by atoms with Crippen LogP contribution in [0.2, 0.25) is 0 Å². The number of carbonyl (C=O) groups excluding carboxylic acids is 1. The molecule has 5 heteroatoms. The molecule has 0 saturated carbocycles. The van der Waals surface area contributed by atoms with Gasteiger partial charge in [-0.25, -0.2) is 5.84 Å². The lowest BCUT2D eigenvalue weighted by Gasteiger charge is -2.35. The summed E-state index contributed by atoms with van der Waals surface area (Å²) in [4.78, 5) is 15.2. The van der Waals surface area contributed by atoms with Crippen LogP contribution in [0.25, 0.3) is 11.4 Å². The molecule has 5 nitrogen and oxygen atoms in total. The first-order chi connectivity index (χ1) is 12.3. The molecule has 26 heavy (non-hydrogen) atoms. The zero-order valence-corrected chi connectivity index (χ0v) is 15.7. The Morgan fingerprint density at radius 2 is 1.42 bits per heavy atom. The summed E-state index contributed by atoms with van der Waals surface area (Å²) in [6.07, 6.45) is 0. The average Bonchev–Trinajstić information content (AvgIpc) is 2.61. The molecular weight excluding hydrogens is 324 g/mol. The minimum absolute atomic E-state index is 0.00913. The van der Waals surface area contributed by atoms with E-state index in [1.807, 2.05) is 76.2 Å². The summed E-state index contributed by atoms with van der Waals surface area (Å²) in [5, 5.41) is 1.64. The van der Waals surface area contributed by atoms with Crippen LogP contribution in [0.3, 0.4) is 0 Å². The van der Waals surface area contributed by atoms with E-state index in [9.17, 15) is 4.79 Å². The zero-order valence-electron chi connectivity index (χ0n) is 15.7. The topological polar surface area (TPSA) is 75.6 Å². The van der Waals surface area contributed by atoms with Crippen LogP contribution in [0.5, 0.6) is 0 Å². The highest BCUT2D eigenvalue weighted by Crippen LogP contribution is 2.37. The summed E-state index contributed by atoms with van der Waals surface area (Å²) < 4.78 is 0. The van der Waals surface area contributed by atoms with Crippen LogP contribution in [0.1, 0.15) is 49.2 Å². The maximum atomic E-state index is 13.4. The Balaban J connectivity index is 2.43. The lowest BCUT2D eigenvalue weighted by atomic mass is 9.94. The number of nitrogens with zero attached hydrogens (tertiary/aromatic N) is 2. The molecule has 0 radical (unpaired) electrons. The number of fused-ring (bicyclic) bond motifs is 2. The van der Waals surface area contributed by atoms with E-state index >= 15 is 0 Å². The van der Waals surface area contributed by atoms with E-state index < -0.39 is 0 Å². The summed E-state index contributed by atoms with van der Waals surface area (Å²) in [7, 11) is 0. The van der Waals surface area contributed by atoms with Crippen molar-refractivity contribution in [2.24, 2.45) is 11.6 Å². The van der Waals surface area contributed by atoms with Gasteiger partial charge in [-0.05, 0) is 39.8 Å². The molecule has 0 aliphatic carbocycles. The standard InChI is InChI=1S/C21H26N4O/c1-13(2)24-18-12-8-7-11-17(18)19(22)20(25(23)14(3)4)15-9-5-6-10-16(15)21(24)26/h5-14H,22-23H2,1-4H3/b20-19-. The largest absolute Gasteiger partial charge is 0.396 e. The molecule has 1 aliphatic rings. The number of para-hydroxylation sites is 1. The first-order valence-corrected chi connectivity index (χ1v) is 8.90. The van der Waals surface area contributed by atoms with Crippen molar-refractivity contribution in [3.8, 4) is 0 Å². The number of nitrogens with two attached hydrogens (primary N) is 2. The molecule has 0 atom stereocenters. The SMILES string of the molecule is CC(C)N(N)/C1=C(\N)c2ccccc2N(C(C)C)C(=O)c2ccccc21. The van der Waals surface area contributed by atoms with Crippen LogP contribution in [-0.2, 0) is 0 Å². The second-order valence-electron chi connectivity index (χ2n) is 7.09. The molecule has 0 bridgehead atoms. The Bertz CT molecular complexity index is 870. The van der Waals surface area contributed by atoms with Crippen LogP contribution in [0, 0.1) is 0 Å². The molecule has 1 heterocycles. The monoisotopic (exact) mass is 350 g/mol. The predicted octanol–water partition coefficient (Wildman–Crippen LogP) is 3.42. The van der Waals surface area contributed by atoms with Gasteiger partial charge in [0.2, 0.25) is 0 Å². The highest BCUT2D eigenvalue weighted by molar-refractivity contribution is 6.13. The molecule has 0 spiro atoms. The second kappa shape index (κ2) is 6.84. The van der Waals surface area contributed by atoms with Crippen molar-refractivity contribution in [2.45, 2.75) is 39.8 Å². The van der Waals surface area contributed by atoms with E-state index in [-0.39, 0.29) is 18.0 Å². The van der Waals surface area contributed by atoms with E-state index in [1.54, 1.807) is 9.91 Å². The van der Waals surface area contributed by atoms with E-state index in [1.165, 1.54) is 0 Å². The molecule has 136 valence electrons. The summed E-state index contributed by atoms with van der Waals surface area (Å²) in [5.41, 5.74) is 10.9. The molecule has 0 unspecified atom stereocenters. The van der Waals surface area contributed by atoms with E-state index in [0.29, 0.717) is 17.0 Å². The zero-order chi connectivity index (χ0) is 19.0. The molecule has 2 aromatic rings. The van der Waals surface area contributed by atoms with Gasteiger partial charge in [-0.2, -0.15) is 0 Å². The Labute approximate surface area is 154 Å². The van der Waals surface area contributed by atoms with Crippen LogP contribution in [0.15, 0.2) is 48.5 Å². The van der Waals surface area contributed by atoms with Gasteiger partial charge in [0.1, 0.15) is 0 Å². The number of hydrogen-bond acceptors (Lipinski definition) is 4. The number of amides is 1. The number of anilines is 1. The number of benzene rings is 2. The Hall–Kier alpha value is -2.79. The quantitative estimate of drug-likeness (QED) is 0.657. The van der Waals surface area contributed by atoms with Crippen molar-refractivity contribution >= 4 is 23.0 Å². The lowest BCUT2D eigenvalue weighted by Crippen LogP contribution is -2.42. The first-order valence-electron chi connectivity index (χ1n) is 8.90. The molecule has 1 amide bonds. The highest BCUT2D eigenvalue weighted by atomic mass is 16.2. The molecule has 2 aromatic carbocycles. The number of hydrogen-bond donors (Lipinski definition) is 2. The van der Waals surface area contributed by atoms with Gasteiger partial charge in [-0.15, -0.1) is 0 Å². The van der Waals surface area contributed by atoms with Gasteiger partial charge in [-0.1, -0.05) is 36.4 Å². The molecule has 0 saturated heterocycles. The van der Waals surface area contributed by atoms with Crippen LogP contribution in [-0.4, -0.2) is 23.0 Å². The van der Waals surface area contributed by atoms with Gasteiger partial charge in [-0.3, -0.25) is 4.79 Å². The third kappa shape index (κ3) is 2.84. The predicted molar refractivity (Wildman–Crippen MR) is 107 cm³/mol. The van der Waals surface area contributed by atoms with E-state index in [0.717, 1.165) is 16.8 Å². The Kier molecular flexibility index (Phi) is 4.74. The molecular formula is C21H26N4O. The normalized spacial score (nSPS) is 17.0. The summed E-state index contributed by atoms with van der Waals surface area (Å²) in [6, 6.07) is 15.3. The van der Waals surface area contributed by atoms with Crippen LogP contribution in [0.4, 0.5) is 5.69 Å². The third-order valence-corrected chi connectivity index (χ3v) is 4.67. The minimum Gasteiger partial charge on any atom is -0.396 e. The van der Waals surface area contributed by atoms with Crippen molar-refractivity contribution in [3.05, 3.63) is 65.2 Å². The molecule has 0 fully saturated rings. The van der Waals surface area contributed by atoms with Gasteiger partial charge in [0, 0.05) is 28.8 Å². The number of hydrazine groups is 1. The van der Waals surface area contributed by atoms with Crippen molar-refractivity contribution in [1.82, 2.24) is 5.01 Å². The maximum absolute atomic E-state index is 13.4. The van der Waals surface area contributed by atoms with Gasteiger partial charge in [0.25, 0.3) is 5.91 Å². The van der Waals surface area contributed by atoms with Gasteiger partial charge >= 0.3 is 0 Å². The second-order valence-corrected chi connectivity index (χ2v) is 7.09. The third-order valence-electron chi connectivity index (χ3n) is 4.67. The fourth-order valence-electron chi connectivity index (χ4n) is 3.35. The molecule has 1 aliphatic heterocycles. The summed E-state index contributed by atoms with van der Waals surface area (Å²) in [5.74, 6) is 6.33. The Morgan fingerprint density at radius 3 is 2.00 bits per heavy atom. The van der Waals surface area contributed by atoms with Crippen molar-refractivity contribution in [3.63, 3.8) is 0 Å². The average molecular weight is 350 g/mol. The fraction of sp³-hybridized carbons (Fsp3) is 0.286. The van der Waals surface area contributed by atoms with Crippen molar-refractivity contribution < 1.29 is 4.79 Å². The number of rotatable bonds is 3. The van der Waals surface area contributed by atoms with Crippen molar-refractivity contribution in [1.29, 1.82) is 0 Å². The van der Waals surface area contributed by atoms with Crippen molar-refractivity contribution in [2.75, 3.05) is 4.90 Å². The molecule has 3 rings (SSSR count). The van der Waals surface area contributed by atoms with Gasteiger partial charge in [0.15, 0.2) is 0 Å². The number of carbonyl (C=O) groups is 1. The molecule has 0 aromatic heterocycles. The van der Waals surface area contributed by atoms with E-state index in [2.05, 4.69) is 0 Å². The minimum atomic E-state index is -0.0507. The molecule has 4 N–H and O–H groups in total. The lowest BCUT2D eigenvalue weighted by molar-refractivity contribution is 0.0979. The van der Waals surface area contributed by atoms with Gasteiger partial charge < -0.3 is 15.6 Å². The Morgan fingerprint density at radius 1 is 0.885 bits per heavy atom. The van der Waals surface area contributed by atoms with E-state index in [4.69, 9.17) is 11.6 Å². The van der Waals surface area contributed by atoms with Gasteiger partial charge in [0.05, 0.1) is 17.1 Å². The van der Waals surface area contributed by atoms with Crippen LogP contribution >= 0.6 is 0 Å². The smallest absolute Gasteiger partial charge is 0.259 e. The maximum Gasteiger partial charge on any atom is 0.259 e. The summed E-state index contributed by atoms with van der Waals surface area (Å²) in [6.45, 7) is 8.00. The summed E-state index contributed by atoms with van der Waals surface area (Å²) >= 11 is 0. The van der Waals surface area contributed by atoms with Crippen LogP contribution < -0.4 is 16.5 Å².